The molecule has 2 aromatic rings. The molecule has 2 amide bonds. The minimum absolute atomic E-state index is 0.0317. The lowest BCUT2D eigenvalue weighted by molar-refractivity contribution is -0.130. The molecule has 1 aliphatic rings. The van der Waals surface area contributed by atoms with Crippen molar-refractivity contribution in [2.24, 2.45) is 5.41 Å². The molecule has 0 unspecified atom stereocenters. The monoisotopic (exact) mass is 423 g/mol. The first kappa shape index (κ1) is 22.7. The van der Waals surface area contributed by atoms with Gasteiger partial charge in [0.2, 0.25) is 11.8 Å². The van der Waals surface area contributed by atoms with Crippen LogP contribution in [0.3, 0.4) is 0 Å². The van der Waals surface area contributed by atoms with E-state index in [0.29, 0.717) is 25.9 Å². The Balaban J connectivity index is 1.48. The van der Waals surface area contributed by atoms with E-state index in [4.69, 9.17) is 4.74 Å². The lowest BCUT2D eigenvalue weighted by atomic mass is 9.92. The summed E-state index contributed by atoms with van der Waals surface area (Å²) in [5, 5.41) is 2.96. The van der Waals surface area contributed by atoms with Crippen molar-refractivity contribution in [1.29, 1.82) is 0 Å². The van der Waals surface area contributed by atoms with Crippen molar-refractivity contribution in [1.82, 2.24) is 4.90 Å². The first-order valence-corrected chi connectivity index (χ1v) is 10.8. The van der Waals surface area contributed by atoms with E-state index in [2.05, 4.69) is 31.0 Å². The average molecular weight is 424 g/mol. The molecule has 1 saturated heterocycles. The first-order chi connectivity index (χ1) is 14.7. The van der Waals surface area contributed by atoms with E-state index in [-0.39, 0.29) is 17.2 Å². The van der Waals surface area contributed by atoms with E-state index < -0.39 is 0 Å². The van der Waals surface area contributed by atoms with Crippen LogP contribution in [0.5, 0.6) is 5.75 Å². The number of benzene rings is 2. The van der Waals surface area contributed by atoms with Crippen LogP contribution in [0.25, 0.3) is 0 Å². The van der Waals surface area contributed by atoms with Gasteiger partial charge in [0.25, 0.3) is 0 Å². The van der Waals surface area contributed by atoms with Gasteiger partial charge in [-0.05, 0) is 47.4 Å². The van der Waals surface area contributed by atoms with Crippen molar-refractivity contribution in [3.8, 4) is 5.75 Å². The Bertz CT molecular complexity index is 878. The SMILES string of the molecule is COc1ccc(CC(=O)N2CCN(c3ccc(NC(=O)CC(C)(C)C)cc3)CC2)cc1. The van der Waals surface area contributed by atoms with Crippen molar-refractivity contribution >= 4 is 23.2 Å². The van der Waals surface area contributed by atoms with Gasteiger partial charge >= 0.3 is 0 Å². The molecule has 0 atom stereocenters. The first-order valence-electron chi connectivity index (χ1n) is 10.8. The highest BCUT2D eigenvalue weighted by Crippen LogP contribution is 2.22. The summed E-state index contributed by atoms with van der Waals surface area (Å²) in [4.78, 5) is 29.0. The zero-order chi connectivity index (χ0) is 22.4. The molecule has 1 aliphatic heterocycles. The lowest BCUT2D eigenvalue weighted by Gasteiger charge is -2.36. The van der Waals surface area contributed by atoms with E-state index in [9.17, 15) is 9.59 Å². The van der Waals surface area contributed by atoms with Crippen LogP contribution in [0.15, 0.2) is 48.5 Å². The minimum Gasteiger partial charge on any atom is -0.497 e. The van der Waals surface area contributed by atoms with Gasteiger partial charge in [0.1, 0.15) is 5.75 Å². The molecule has 6 heteroatoms. The number of amides is 2. The standard InChI is InChI=1S/C25H33N3O3/c1-25(2,3)18-23(29)26-20-7-9-21(10-8-20)27-13-15-28(16-14-27)24(30)17-19-5-11-22(31-4)12-6-19/h5-12H,13-18H2,1-4H3,(H,26,29). The maximum absolute atomic E-state index is 12.6. The zero-order valence-corrected chi connectivity index (χ0v) is 19.0. The van der Waals surface area contributed by atoms with Gasteiger partial charge in [-0.25, -0.2) is 0 Å². The van der Waals surface area contributed by atoms with Gasteiger partial charge in [-0.2, -0.15) is 0 Å². The van der Waals surface area contributed by atoms with Crippen molar-refractivity contribution in [2.75, 3.05) is 43.5 Å². The molecule has 0 aromatic heterocycles. The van der Waals surface area contributed by atoms with E-state index >= 15 is 0 Å². The molecule has 1 heterocycles. The van der Waals surface area contributed by atoms with E-state index in [0.717, 1.165) is 35.8 Å². The summed E-state index contributed by atoms with van der Waals surface area (Å²) in [6.07, 6.45) is 0.897. The molecule has 1 N–H and O–H groups in total. The third-order valence-electron chi connectivity index (χ3n) is 5.35. The highest BCUT2D eigenvalue weighted by Gasteiger charge is 2.21. The van der Waals surface area contributed by atoms with Gasteiger partial charge in [0.05, 0.1) is 13.5 Å². The Hall–Kier alpha value is -3.02. The minimum atomic E-state index is -0.0332. The Labute approximate surface area is 185 Å². The second-order valence-corrected chi connectivity index (χ2v) is 9.23. The summed E-state index contributed by atoms with van der Waals surface area (Å²) in [5.74, 6) is 0.982. The molecule has 166 valence electrons. The number of hydrogen-bond acceptors (Lipinski definition) is 4. The van der Waals surface area contributed by atoms with Gasteiger partial charge in [-0.3, -0.25) is 9.59 Å². The normalized spacial score (nSPS) is 14.3. The van der Waals surface area contributed by atoms with Gasteiger partial charge in [0.15, 0.2) is 0 Å². The number of carbonyl (C=O) groups is 2. The van der Waals surface area contributed by atoms with Crippen LogP contribution in [0, 0.1) is 5.41 Å². The maximum Gasteiger partial charge on any atom is 0.227 e. The molecule has 3 rings (SSSR count). The fraction of sp³-hybridized carbons (Fsp3) is 0.440. The van der Waals surface area contributed by atoms with Crippen molar-refractivity contribution in [2.45, 2.75) is 33.6 Å². The second kappa shape index (κ2) is 9.86. The van der Waals surface area contributed by atoms with Gasteiger partial charge < -0.3 is 19.9 Å². The predicted molar refractivity (Wildman–Crippen MR) is 125 cm³/mol. The largest absolute Gasteiger partial charge is 0.497 e. The number of piperazine rings is 1. The number of ether oxygens (including phenoxy) is 1. The van der Waals surface area contributed by atoms with Crippen LogP contribution in [0.1, 0.15) is 32.8 Å². The highest BCUT2D eigenvalue weighted by molar-refractivity contribution is 5.91. The summed E-state index contributed by atoms with van der Waals surface area (Å²) in [6.45, 7) is 9.16. The fourth-order valence-corrected chi connectivity index (χ4v) is 3.69. The van der Waals surface area contributed by atoms with E-state index in [1.54, 1.807) is 7.11 Å². The smallest absolute Gasteiger partial charge is 0.227 e. The van der Waals surface area contributed by atoms with Gasteiger partial charge in [-0.1, -0.05) is 32.9 Å². The third-order valence-corrected chi connectivity index (χ3v) is 5.35. The molecular formula is C25H33N3O3. The van der Waals surface area contributed by atoms with Crippen LogP contribution in [-0.2, 0) is 16.0 Å². The van der Waals surface area contributed by atoms with Crippen LogP contribution < -0.4 is 15.0 Å². The molecule has 0 radical (unpaired) electrons. The number of nitrogens with zero attached hydrogens (tertiary/aromatic N) is 2. The molecule has 2 aromatic carbocycles. The molecule has 0 spiro atoms. The number of methoxy groups -OCH3 is 1. The zero-order valence-electron chi connectivity index (χ0n) is 19.0. The van der Waals surface area contributed by atoms with Crippen molar-refractivity contribution in [3.05, 3.63) is 54.1 Å². The van der Waals surface area contributed by atoms with Crippen LogP contribution in [-0.4, -0.2) is 50.0 Å². The Morgan fingerprint density at radius 3 is 2.10 bits per heavy atom. The average Bonchev–Trinajstić information content (AvgIpc) is 2.73. The summed E-state index contributed by atoms with van der Waals surface area (Å²) < 4.78 is 5.17. The number of nitrogens with one attached hydrogen (secondary N) is 1. The topological polar surface area (TPSA) is 61.9 Å². The third kappa shape index (κ3) is 6.74. The van der Waals surface area contributed by atoms with Crippen molar-refractivity contribution in [3.63, 3.8) is 0 Å². The molecule has 31 heavy (non-hydrogen) atoms. The second-order valence-electron chi connectivity index (χ2n) is 9.23. The van der Waals surface area contributed by atoms with E-state index in [1.807, 2.05) is 53.4 Å². The molecule has 0 bridgehead atoms. The Morgan fingerprint density at radius 2 is 1.55 bits per heavy atom. The quantitative estimate of drug-likeness (QED) is 0.764. The van der Waals surface area contributed by atoms with Gasteiger partial charge in [0, 0.05) is 44.0 Å². The molecule has 6 nitrogen and oxygen atoms in total. The Kier molecular flexibility index (Phi) is 7.21. The maximum atomic E-state index is 12.6. The molecule has 0 saturated carbocycles. The number of anilines is 2. The summed E-state index contributed by atoms with van der Waals surface area (Å²) in [6, 6.07) is 15.6. The highest BCUT2D eigenvalue weighted by atomic mass is 16.5. The lowest BCUT2D eigenvalue weighted by Crippen LogP contribution is -2.49. The molecule has 0 aliphatic carbocycles. The number of rotatable bonds is 6. The summed E-state index contributed by atoms with van der Waals surface area (Å²) >= 11 is 0. The summed E-state index contributed by atoms with van der Waals surface area (Å²) in [7, 11) is 1.64. The Morgan fingerprint density at radius 1 is 0.935 bits per heavy atom. The van der Waals surface area contributed by atoms with Gasteiger partial charge in [-0.15, -0.1) is 0 Å². The molecular weight excluding hydrogens is 390 g/mol. The van der Waals surface area contributed by atoms with Crippen LogP contribution in [0.2, 0.25) is 0 Å². The predicted octanol–water partition coefficient (Wildman–Crippen LogP) is 3.96. The fourth-order valence-electron chi connectivity index (χ4n) is 3.69. The number of carbonyl (C=O) groups excluding carboxylic acids is 2. The summed E-state index contributed by atoms with van der Waals surface area (Å²) in [5.41, 5.74) is 2.88. The van der Waals surface area contributed by atoms with Crippen molar-refractivity contribution < 1.29 is 14.3 Å². The van der Waals surface area contributed by atoms with Crippen LogP contribution in [0.4, 0.5) is 11.4 Å². The number of hydrogen-bond donors (Lipinski definition) is 1. The van der Waals surface area contributed by atoms with Crippen LogP contribution >= 0.6 is 0 Å². The van der Waals surface area contributed by atoms with E-state index in [1.165, 1.54) is 0 Å². The molecule has 1 fully saturated rings.